The summed E-state index contributed by atoms with van der Waals surface area (Å²) in [5.41, 5.74) is 7.89. The smallest absolute Gasteiger partial charge is 0.157 e. The fourth-order valence-corrected chi connectivity index (χ4v) is 3.24. The number of benzene rings is 1. The molecule has 1 fully saturated rings. The van der Waals surface area contributed by atoms with Crippen LogP contribution in [0.5, 0.6) is 0 Å². The largest absolute Gasteiger partial charge is 0.395 e. The van der Waals surface area contributed by atoms with Gasteiger partial charge in [-0.3, -0.25) is 0 Å². The van der Waals surface area contributed by atoms with E-state index in [1.54, 1.807) is 12.1 Å². The topological polar surface area (TPSA) is 81.8 Å². The van der Waals surface area contributed by atoms with E-state index >= 15 is 0 Å². The van der Waals surface area contributed by atoms with E-state index in [-0.39, 0.29) is 12.4 Å². The summed E-state index contributed by atoms with van der Waals surface area (Å²) in [5.74, 6) is 1.16. The summed E-state index contributed by atoms with van der Waals surface area (Å²) in [6.07, 6.45) is 1.52. The number of hydrogen-bond donors (Lipinski definition) is 2. The Balaban J connectivity index is 1.72. The van der Waals surface area contributed by atoms with Gasteiger partial charge in [-0.1, -0.05) is 0 Å². The average molecular weight is 360 g/mol. The molecule has 0 aliphatic carbocycles. The van der Waals surface area contributed by atoms with Crippen LogP contribution in [-0.4, -0.2) is 60.9 Å². The number of halogens is 1. The highest BCUT2D eigenvalue weighted by Gasteiger charge is 2.22. The molecule has 1 aliphatic rings. The fourth-order valence-electron chi connectivity index (χ4n) is 3.24. The number of aromatic nitrogens is 2. The molecule has 1 saturated heterocycles. The molecule has 0 atom stereocenters. The highest BCUT2D eigenvalue weighted by molar-refractivity contribution is 5.76. The minimum Gasteiger partial charge on any atom is -0.395 e. The van der Waals surface area contributed by atoms with Crippen molar-refractivity contribution >= 4 is 23.0 Å². The van der Waals surface area contributed by atoms with Crippen molar-refractivity contribution in [2.45, 2.75) is 6.92 Å². The Morgan fingerprint density at radius 3 is 2.38 bits per heavy atom. The zero-order chi connectivity index (χ0) is 18.5. The molecule has 3 N–H and O–H groups in total. The van der Waals surface area contributed by atoms with Crippen LogP contribution >= 0.6 is 0 Å². The molecule has 140 valence electrons. The lowest BCUT2D eigenvalue weighted by atomic mass is 10.2. The van der Waals surface area contributed by atoms with E-state index in [9.17, 15) is 9.50 Å². The minimum atomic E-state index is -0.225. The van der Waals surface area contributed by atoms with Crippen LogP contribution in [0.1, 0.15) is 6.92 Å². The third-order valence-electron chi connectivity index (χ3n) is 4.66. The number of aliphatic hydroxyl groups excluding tert-OH is 1. The Bertz CT molecular complexity index is 718. The average Bonchev–Trinajstić information content (AvgIpc) is 2.67. The summed E-state index contributed by atoms with van der Waals surface area (Å²) in [5, 5.41) is 9.23. The highest BCUT2D eigenvalue weighted by Crippen LogP contribution is 2.30. The predicted molar refractivity (Wildman–Crippen MR) is 102 cm³/mol. The zero-order valence-corrected chi connectivity index (χ0v) is 15.0. The third kappa shape index (κ3) is 3.80. The predicted octanol–water partition coefficient (Wildman–Crippen LogP) is 1.34. The van der Waals surface area contributed by atoms with E-state index in [2.05, 4.69) is 19.8 Å². The van der Waals surface area contributed by atoms with Crippen LogP contribution < -0.4 is 20.4 Å². The third-order valence-corrected chi connectivity index (χ3v) is 4.66. The molecule has 0 unspecified atom stereocenters. The Hall–Kier alpha value is -2.61. The summed E-state index contributed by atoms with van der Waals surface area (Å²) in [4.78, 5) is 15.0. The monoisotopic (exact) mass is 360 g/mol. The Morgan fingerprint density at radius 1 is 1.12 bits per heavy atom. The van der Waals surface area contributed by atoms with Crippen molar-refractivity contribution in [3.63, 3.8) is 0 Å². The van der Waals surface area contributed by atoms with Crippen molar-refractivity contribution in [3.05, 3.63) is 36.4 Å². The van der Waals surface area contributed by atoms with Gasteiger partial charge in [0.1, 0.15) is 17.8 Å². The second kappa shape index (κ2) is 8.18. The Morgan fingerprint density at radius 2 is 1.77 bits per heavy atom. The van der Waals surface area contributed by atoms with Crippen LogP contribution in [0.3, 0.4) is 0 Å². The number of aliphatic hydroxyl groups is 1. The van der Waals surface area contributed by atoms with Gasteiger partial charge in [-0.05, 0) is 31.2 Å². The first-order valence-electron chi connectivity index (χ1n) is 8.85. The van der Waals surface area contributed by atoms with Gasteiger partial charge < -0.3 is 25.5 Å². The van der Waals surface area contributed by atoms with E-state index < -0.39 is 0 Å². The van der Waals surface area contributed by atoms with Crippen molar-refractivity contribution in [1.82, 2.24) is 9.97 Å². The number of piperazine rings is 1. The Kier molecular flexibility index (Phi) is 5.72. The summed E-state index contributed by atoms with van der Waals surface area (Å²) >= 11 is 0. The van der Waals surface area contributed by atoms with Crippen molar-refractivity contribution in [1.29, 1.82) is 0 Å². The maximum absolute atomic E-state index is 13.1. The number of anilines is 4. The molecule has 0 spiro atoms. The number of nitrogens with two attached hydrogens (primary N) is 1. The normalized spacial score (nSPS) is 14.6. The molecule has 1 aromatic carbocycles. The Labute approximate surface area is 152 Å². The summed E-state index contributed by atoms with van der Waals surface area (Å²) < 4.78 is 13.1. The zero-order valence-electron chi connectivity index (χ0n) is 15.0. The SMILES string of the molecule is CCN(CCO)c1ncnc(N2CCN(c3ccc(F)cc3)CC2)c1N. The van der Waals surface area contributed by atoms with Gasteiger partial charge >= 0.3 is 0 Å². The standard InChI is InChI=1S/C18H25FN6O/c1-2-23(11-12-26)17-16(20)18(22-13-21-17)25-9-7-24(8-10-25)15-5-3-14(19)4-6-15/h3-6,13,26H,2,7-12,20H2,1H3. The van der Waals surface area contributed by atoms with E-state index in [1.165, 1.54) is 18.5 Å². The summed E-state index contributed by atoms with van der Waals surface area (Å²) in [6, 6.07) is 6.57. The van der Waals surface area contributed by atoms with Gasteiger partial charge in [0, 0.05) is 45.0 Å². The minimum absolute atomic E-state index is 0.0446. The van der Waals surface area contributed by atoms with Crippen molar-refractivity contribution in [2.24, 2.45) is 0 Å². The maximum atomic E-state index is 13.1. The van der Waals surface area contributed by atoms with Gasteiger partial charge in [-0.25, -0.2) is 14.4 Å². The van der Waals surface area contributed by atoms with E-state index in [1.807, 2.05) is 11.8 Å². The molecule has 0 saturated carbocycles. The number of rotatable bonds is 6. The van der Waals surface area contributed by atoms with Crippen LogP contribution in [0.4, 0.5) is 27.4 Å². The lowest BCUT2D eigenvalue weighted by Crippen LogP contribution is -2.47. The van der Waals surface area contributed by atoms with Crippen molar-refractivity contribution < 1.29 is 9.50 Å². The van der Waals surface area contributed by atoms with Gasteiger partial charge in [0.15, 0.2) is 11.6 Å². The van der Waals surface area contributed by atoms with Crippen LogP contribution in [-0.2, 0) is 0 Å². The fraction of sp³-hybridized carbons (Fsp3) is 0.444. The molecular weight excluding hydrogens is 335 g/mol. The molecular formula is C18H25FN6O. The molecule has 26 heavy (non-hydrogen) atoms. The van der Waals surface area contributed by atoms with Crippen LogP contribution in [0.15, 0.2) is 30.6 Å². The lowest BCUT2D eigenvalue weighted by molar-refractivity contribution is 0.302. The van der Waals surface area contributed by atoms with E-state index in [0.717, 1.165) is 37.7 Å². The summed E-state index contributed by atoms with van der Waals surface area (Å²) in [7, 11) is 0. The molecule has 3 rings (SSSR count). The molecule has 0 bridgehead atoms. The van der Waals surface area contributed by atoms with Gasteiger partial charge in [-0.15, -0.1) is 0 Å². The molecule has 8 heteroatoms. The molecule has 2 heterocycles. The van der Waals surface area contributed by atoms with Gasteiger partial charge in [0.2, 0.25) is 0 Å². The van der Waals surface area contributed by atoms with Gasteiger partial charge in [0.25, 0.3) is 0 Å². The van der Waals surface area contributed by atoms with Crippen LogP contribution in [0.25, 0.3) is 0 Å². The molecule has 7 nitrogen and oxygen atoms in total. The quantitative estimate of drug-likeness (QED) is 0.804. The van der Waals surface area contributed by atoms with Crippen LogP contribution in [0, 0.1) is 5.82 Å². The van der Waals surface area contributed by atoms with Crippen molar-refractivity contribution in [2.75, 3.05) is 66.3 Å². The van der Waals surface area contributed by atoms with Crippen molar-refractivity contribution in [3.8, 4) is 0 Å². The first-order chi connectivity index (χ1) is 12.6. The van der Waals surface area contributed by atoms with Gasteiger partial charge in [-0.2, -0.15) is 0 Å². The number of hydrogen-bond acceptors (Lipinski definition) is 7. The van der Waals surface area contributed by atoms with Crippen LogP contribution in [0.2, 0.25) is 0 Å². The first-order valence-corrected chi connectivity index (χ1v) is 8.85. The molecule has 2 aromatic rings. The second-order valence-corrected chi connectivity index (χ2v) is 6.19. The first kappa shape index (κ1) is 18.2. The molecule has 0 radical (unpaired) electrons. The number of nitrogen functional groups attached to an aromatic ring is 1. The number of nitrogens with zero attached hydrogens (tertiary/aromatic N) is 5. The molecule has 1 aliphatic heterocycles. The maximum Gasteiger partial charge on any atom is 0.157 e. The molecule has 0 amide bonds. The van der Waals surface area contributed by atoms with Gasteiger partial charge in [0.05, 0.1) is 6.61 Å². The van der Waals surface area contributed by atoms with E-state index in [4.69, 9.17) is 5.73 Å². The van der Waals surface area contributed by atoms with E-state index in [0.29, 0.717) is 24.6 Å². The molecule has 1 aromatic heterocycles. The highest BCUT2D eigenvalue weighted by atomic mass is 19.1. The summed E-state index contributed by atoms with van der Waals surface area (Å²) in [6.45, 7) is 6.38. The lowest BCUT2D eigenvalue weighted by Gasteiger charge is -2.37. The number of likely N-dealkylation sites (N-methyl/N-ethyl adjacent to an activating group) is 1. The second-order valence-electron chi connectivity index (χ2n) is 6.19.